The normalized spacial score (nSPS) is 10.7. The third-order valence-electron chi connectivity index (χ3n) is 2.90. The molecule has 0 amide bonds. The molecule has 2 N–H and O–H groups in total. The molecule has 0 spiro atoms. The summed E-state index contributed by atoms with van der Waals surface area (Å²) in [6.07, 6.45) is 1.82. The Morgan fingerprint density at radius 3 is 3.00 bits per heavy atom. The molecule has 102 valence electrons. The molecule has 0 unspecified atom stereocenters. The molecule has 0 saturated carbocycles. The van der Waals surface area contributed by atoms with Crippen molar-refractivity contribution >= 4 is 39.0 Å². The summed E-state index contributed by atoms with van der Waals surface area (Å²) in [6.45, 7) is 4.81. The van der Waals surface area contributed by atoms with E-state index < -0.39 is 0 Å². The highest BCUT2D eigenvalue weighted by molar-refractivity contribution is 7.16. The fraction of sp³-hybridized carbons (Fsp3) is 0.214. The summed E-state index contributed by atoms with van der Waals surface area (Å²) in [5.74, 6) is 1.46. The molecule has 3 rings (SSSR count). The maximum atomic E-state index is 4.48. The van der Waals surface area contributed by atoms with Gasteiger partial charge in [-0.05, 0) is 32.0 Å². The van der Waals surface area contributed by atoms with Crippen molar-refractivity contribution in [2.45, 2.75) is 13.8 Å². The minimum absolute atomic E-state index is 0.638. The lowest BCUT2D eigenvalue weighted by Crippen LogP contribution is -2.05. The molecule has 20 heavy (non-hydrogen) atoms. The van der Waals surface area contributed by atoms with Gasteiger partial charge in [0.15, 0.2) is 0 Å². The highest BCUT2D eigenvalue weighted by Gasteiger charge is 2.05. The van der Waals surface area contributed by atoms with Crippen molar-refractivity contribution in [1.29, 1.82) is 0 Å². The molecule has 0 bridgehead atoms. The van der Waals surface area contributed by atoms with Crippen LogP contribution in [0, 0.1) is 6.92 Å². The number of benzene rings is 1. The summed E-state index contributed by atoms with van der Waals surface area (Å²) in [5, 5.41) is 6.46. The molecule has 0 aliphatic rings. The second-order valence-corrected chi connectivity index (χ2v) is 5.30. The van der Waals surface area contributed by atoms with Crippen LogP contribution in [0.2, 0.25) is 0 Å². The molecule has 0 saturated heterocycles. The van der Waals surface area contributed by atoms with Crippen molar-refractivity contribution in [1.82, 2.24) is 15.0 Å². The van der Waals surface area contributed by atoms with Crippen LogP contribution in [0.25, 0.3) is 10.2 Å². The zero-order valence-corrected chi connectivity index (χ0v) is 12.2. The van der Waals surface area contributed by atoms with Crippen LogP contribution in [-0.2, 0) is 0 Å². The Bertz CT molecular complexity index is 737. The minimum Gasteiger partial charge on any atom is -0.354 e. The number of anilines is 3. The van der Waals surface area contributed by atoms with Crippen LogP contribution in [0.5, 0.6) is 0 Å². The van der Waals surface area contributed by atoms with Gasteiger partial charge in [-0.25, -0.2) is 9.97 Å². The molecule has 0 radical (unpaired) electrons. The largest absolute Gasteiger partial charge is 0.354 e. The summed E-state index contributed by atoms with van der Waals surface area (Å²) in [6, 6.07) is 6.11. The van der Waals surface area contributed by atoms with Gasteiger partial charge in [-0.3, -0.25) is 0 Å². The van der Waals surface area contributed by atoms with Crippen LogP contribution in [0.3, 0.4) is 0 Å². The second kappa shape index (κ2) is 5.42. The van der Waals surface area contributed by atoms with E-state index in [4.69, 9.17) is 0 Å². The first-order chi connectivity index (χ1) is 9.76. The Morgan fingerprint density at radius 1 is 1.25 bits per heavy atom. The molecule has 3 aromatic rings. The van der Waals surface area contributed by atoms with Gasteiger partial charge in [0.1, 0.15) is 5.82 Å². The fourth-order valence-corrected chi connectivity index (χ4v) is 2.60. The lowest BCUT2D eigenvalue weighted by molar-refractivity contribution is 1.07. The number of aromatic nitrogens is 3. The molecule has 2 aromatic heterocycles. The first kappa shape index (κ1) is 12.8. The van der Waals surface area contributed by atoms with Crippen molar-refractivity contribution in [3.63, 3.8) is 0 Å². The summed E-state index contributed by atoms with van der Waals surface area (Å²) in [7, 11) is 0. The molecule has 0 atom stereocenters. The van der Waals surface area contributed by atoms with Gasteiger partial charge in [0.2, 0.25) is 5.95 Å². The average molecular weight is 285 g/mol. The van der Waals surface area contributed by atoms with E-state index in [0.29, 0.717) is 5.95 Å². The van der Waals surface area contributed by atoms with Crippen molar-refractivity contribution < 1.29 is 0 Å². The Labute approximate surface area is 121 Å². The molecule has 5 nitrogen and oxygen atoms in total. The third-order valence-corrected chi connectivity index (χ3v) is 3.69. The minimum atomic E-state index is 0.638. The van der Waals surface area contributed by atoms with Crippen molar-refractivity contribution in [2.24, 2.45) is 0 Å². The summed E-state index contributed by atoms with van der Waals surface area (Å²) in [4.78, 5) is 13.0. The van der Waals surface area contributed by atoms with Gasteiger partial charge >= 0.3 is 0 Å². The summed E-state index contributed by atoms with van der Waals surface area (Å²) >= 11 is 1.63. The highest BCUT2D eigenvalue weighted by Crippen LogP contribution is 2.25. The predicted octanol–water partition coefficient (Wildman–Crippen LogP) is 3.57. The zero-order valence-electron chi connectivity index (χ0n) is 11.3. The smallest absolute Gasteiger partial charge is 0.224 e. The SMILES string of the molecule is CCNc1ncc(C)c(Nc2ccc3ncsc3c2)n1. The molecular formula is C14H15N5S. The monoisotopic (exact) mass is 285 g/mol. The number of hydrogen-bond acceptors (Lipinski definition) is 6. The highest BCUT2D eigenvalue weighted by atomic mass is 32.1. The van der Waals surface area contributed by atoms with E-state index in [1.807, 2.05) is 37.7 Å². The van der Waals surface area contributed by atoms with E-state index in [0.717, 1.165) is 33.8 Å². The van der Waals surface area contributed by atoms with Crippen LogP contribution in [0.15, 0.2) is 29.9 Å². The lowest BCUT2D eigenvalue weighted by atomic mass is 10.3. The topological polar surface area (TPSA) is 62.7 Å². The second-order valence-electron chi connectivity index (χ2n) is 4.42. The van der Waals surface area contributed by atoms with E-state index >= 15 is 0 Å². The maximum absolute atomic E-state index is 4.48. The number of aryl methyl sites for hydroxylation is 1. The van der Waals surface area contributed by atoms with Crippen LogP contribution in [0.4, 0.5) is 17.5 Å². The number of nitrogens with one attached hydrogen (secondary N) is 2. The average Bonchev–Trinajstić information content (AvgIpc) is 2.90. The predicted molar refractivity (Wildman–Crippen MR) is 83.8 cm³/mol. The molecule has 1 aromatic carbocycles. The maximum Gasteiger partial charge on any atom is 0.224 e. The van der Waals surface area contributed by atoms with Gasteiger partial charge in [-0.2, -0.15) is 4.98 Å². The van der Waals surface area contributed by atoms with Gasteiger partial charge in [-0.15, -0.1) is 11.3 Å². The van der Waals surface area contributed by atoms with Crippen molar-refractivity contribution in [3.05, 3.63) is 35.5 Å². The van der Waals surface area contributed by atoms with Crippen molar-refractivity contribution in [3.8, 4) is 0 Å². The van der Waals surface area contributed by atoms with Crippen LogP contribution in [-0.4, -0.2) is 21.5 Å². The van der Waals surface area contributed by atoms with Gasteiger partial charge in [0.25, 0.3) is 0 Å². The number of thiazole rings is 1. The van der Waals surface area contributed by atoms with Gasteiger partial charge in [-0.1, -0.05) is 0 Å². The molecular weight excluding hydrogens is 270 g/mol. The zero-order chi connectivity index (χ0) is 13.9. The first-order valence-electron chi connectivity index (χ1n) is 6.44. The van der Waals surface area contributed by atoms with E-state index in [-0.39, 0.29) is 0 Å². The summed E-state index contributed by atoms with van der Waals surface area (Å²) in [5.41, 5.74) is 4.89. The van der Waals surface area contributed by atoms with Crippen LogP contribution >= 0.6 is 11.3 Å². The number of fused-ring (bicyclic) bond motifs is 1. The third kappa shape index (κ3) is 2.55. The van der Waals surface area contributed by atoms with Crippen LogP contribution < -0.4 is 10.6 Å². The van der Waals surface area contributed by atoms with E-state index in [2.05, 4.69) is 31.7 Å². The van der Waals surface area contributed by atoms with E-state index in [1.165, 1.54) is 0 Å². The standard InChI is InChI=1S/C14H15N5S/c1-3-15-14-16-7-9(2)13(19-14)18-10-4-5-11-12(6-10)20-8-17-11/h4-8H,3H2,1-2H3,(H2,15,16,18,19). The van der Waals surface area contributed by atoms with Crippen molar-refractivity contribution in [2.75, 3.05) is 17.2 Å². The molecule has 0 fully saturated rings. The number of nitrogens with zero attached hydrogens (tertiary/aromatic N) is 3. The van der Waals surface area contributed by atoms with Gasteiger partial charge < -0.3 is 10.6 Å². The Hall–Kier alpha value is -2.21. The number of hydrogen-bond donors (Lipinski definition) is 2. The number of rotatable bonds is 4. The van der Waals surface area contributed by atoms with E-state index in [1.54, 1.807) is 11.3 Å². The van der Waals surface area contributed by atoms with Gasteiger partial charge in [0, 0.05) is 24.0 Å². The lowest BCUT2D eigenvalue weighted by Gasteiger charge is -2.10. The Kier molecular flexibility index (Phi) is 3.47. The first-order valence-corrected chi connectivity index (χ1v) is 7.32. The Balaban J connectivity index is 1.91. The van der Waals surface area contributed by atoms with E-state index in [9.17, 15) is 0 Å². The molecule has 0 aliphatic heterocycles. The summed E-state index contributed by atoms with van der Waals surface area (Å²) < 4.78 is 1.16. The fourth-order valence-electron chi connectivity index (χ4n) is 1.88. The molecule has 6 heteroatoms. The van der Waals surface area contributed by atoms with Gasteiger partial charge in [0.05, 0.1) is 15.7 Å². The van der Waals surface area contributed by atoms with Crippen LogP contribution in [0.1, 0.15) is 12.5 Å². The molecule has 0 aliphatic carbocycles. The quantitative estimate of drug-likeness (QED) is 0.767. The Morgan fingerprint density at radius 2 is 2.15 bits per heavy atom. The molecule has 2 heterocycles.